The largest absolute Gasteiger partial charge is 0.318 e. The summed E-state index contributed by atoms with van der Waals surface area (Å²) in [7, 11) is 2.03. The predicted molar refractivity (Wildman–Crippen MR) is 79.2 cm³/mol. The number of likely N-dealkylation sites (tertiary alicyclic amines) is 1. The van der Waals surface area contributed by atoms with E-state index >= 15 is 0 Å². The van der Waals surface area contributed by atoms with Crippen molar-refractivity contribution in [3.63, 3.8) is 0 Å². The number of halogens is 2. The highest BCUT2D eigenvalue weighted by Gasteiger charge is 2.23. The molecule has 2 nitrogen and oxygen atoms in total. The number of benzene rings is 1. The van der Waals surface area contributed by atoms with Gasteiger partial charge in [0.25, 0.3) is 0 Å². The van der Waals surface area contributed by atoms with Gasteiger partial charge in [-0.15, -0.1) is 0 Å². The molecule has 0 radical (unpaired) electrons. The van der Waals surface area contributed by atoms with Crippen LogP contribution >= 0.6 is 31.9 Å². The lowest BCUT2D eigenvalue weighted by Crippen LogP contribution is -2.36. The molecule has 0 saturated carbocycles. The first-order valence-electron chi connectivity index (χ1n) is 6.03. The van der Waals surface area contributed by atoms with Gasteiger partial charge in [-0.1, -0.05) is 6.07 Å². The van der Waals surface area contributed by atoms with Crippen LogP contribution in [0, 0.1) is 0 Å². The Bertz CT molecular complexity index is 382. The molecule has 1 atom stereocenters. The topological polar surface area (TPSA) is 15.3 Å². The molecule has 0 aliphatic carbocycles. The zero-order valence-electron chi connectivity index (χ0n) is 10.0. The van der Waals surface area contributed by atoms with Gasteiger partial charge in [0.15, 0.2) is 0 Å². The third-order valence-corrected chi connectivity index (χ3v) is 5.19. The Morgan fingerprint density at radius 3 is 2.88 bits per heavy atom. The van der Waals surface area contributed by atoms with E-state index in [0.717, 1.165) is 22.0 Å². The minimum Gasteiger partial charge on any atom is -0.318 e. The Balaban J connectivity index is 2.02. The van der Waals surface area contributed by atoms with Gasteiger partial charge in [-0.2, -0.15) is 0 Å². The fourth-order valence-electron chi connectivity index (χ4n) is 2.44. The van der Waals surface area contributed by atoms with Crippen LogP contribution < -0.4 is 5.32 Å². The average Bonchev–Trinajstić information content (AvgIpc) is 2.72. The molecule has 0 amide bonds. The highest BCUT2D eigenvalue weighted by Crippen LogP contribution is 2.26. The van der Waals surface area contributed by atoms with Crippen molar-refractivity contribution in [2.24, 2.45) is 0 Å². The molecule has 0 spiro atoms. The molecule has 1 aromatic carbocycles. The molecule has 0 bridgehead atoms. The summed E-state index contributed by atoms with van der Waals surface area (Å²) >= 11 is 7.07. The molecule has 1 aromatic rings. The Morgan fingerprint density at radius 2 is 2.18 bits per heavy atom. The fraction of sp³-hybridized carbons (Fsp3) is 0.538. The molecule has 1 aliphatic heterocycles. The van der Waals surface area contributed by atoms with Crippen LogP contribution in [0.25, 0.3) is 0 Å². The maximum Gasteiger partial charge on any atom is 0.0320 e. The Kier molecular flexibility index (Phi) is 5.03. The van der Waals surface area contributed by atoms with Gasteiger partial charge in [-0.25, -0.2) is 0 Å². The second-order valence-electron chi connectivity index (χ2n) is 4.57. The van der Waals surface area contributed by atoms with Crippen molar-refractivity contribution in [2.45, 2.75) is 25.4 Å². The lowest BCUT2D eigenvalue weighted by atomic mass is 10.2. The van der Waals surface area contributed by atoms with Crippen molar-refractivity contribution in [1.82, 2.24) is 10.2 Å². The summed E-state index contributed by atoms with van der Waals surface area (Å²) in [5, 5.41) is 3.29. The normalized spacial score (nSPS) is 21.0. The number of likely N-dealkylation sites (N-methyl/N-ethyl adjacent to an activating group) is 1. The molecule has 94 valence electrons. The lowest BCUT2D eigenvalue weighted by molar-refractivity contribution is 0.242. The molecule has 1 unspecified atom stereocenters. The summed E-state index contributed by atoms with van der Waals surface area (Å²) in [6.45, 7) is 3.37. The van der Waals surface area contributed by atoms with E-state index in [-0.39, 0.29) is 0 Å². The van der Waals surface area contributed by atoms with Crippen LogP contribution in [-0.4, -0.2) is 31.1 Å². The maximum absolute atomic E-state index is 3.56. The van der Waals surface area contributed by atoms with Gasteiger partial charge < -0.3 is 5.32 Å². The number of hydrogen-bond acceptors (Lipinski definition) is 2. The van der Waals surface area contributed by atoms with Crippen LogP contribution in [0.3, 0.4) is 0 Å². The third kappa shape index (κ3) is 3.53. The molecule has 0 aromatic heterocycles. The minimum absolute atomic E-state index is 0.697. The van der Waals surface area contributed by atoms with Crippen LogP contribution in [0.2, 0.25) is 0 Å². The molecule has 4 heteroatoms. The van der Waals surface area contributed by atoms with Crippen molar-refractivity contribution in [3.05, 3.63) is 32.7 Å². The van der Waals surface area contributed by atoms with Crippen molar-refractivity contribution >= 4 is 31.9 Å². The smallest absolute Gasteiger partial charge is 0.0320 e. The number of nitrogens with zero attached hydrogens (tertiary/aromatic N) is 1. The van der Waals surface area contributed by atoms with E-state index < -0.39 is 0 Å². The van der Waals surface area contributed by atoms with Gasteiger partial charge in [0, 0.05) is 28.1 Å². The quantitative estimate of drug-likeness (QED) is 0.884. The predicted octanol–water partition coefficient (Wildman–Crippen LogP) is 3.40. The van der Waals surface area contributed by atoms with Gasteiger partial charge in [0.05, 0.1) is 0 Å². The Hall–Kier alpha value is 0.1000. The maximum atomic E-state index is 3.56. The van der Waals surface area contributed by atoms with Crippen molar-refractivity contribution in [1.29, 1.82) is 0 Å². The second kappa shape index (κ2) is 6.32. The average molecular weight is 362 g/mol. The molecule has 1 N–H and O–H groups in total. The van der Waals surface area contributed by atoms with Crippen molar-refractivity contribution in [2.75, 3.05) is 20.1 Å². The van der Waals surface area contributed by atoms with Crippen molar-refractivity contribution in [3.8, 4) is 0 Å². The number of nitrogens with one attached hydrogen (secondary N) is 1. The molecule has 1 heterocycles. The number of hydrogen-bond donors (Lipinski definition) is 1. The third-order valence-electron chi connectivity index (χ3n) is 3.31. The second-order valence-corrected chi connectivity index (χ2v) is 6.28. The first-order valence-corrected chi connectivity index (χ1v) is 7.62. The fourth-order valence-corrected chi connectivity index (χ4v) is 3.12. The highest BCUT2D eigenvalue weighted by molar-refractivity contribution is 9.13. The summed E-state index contributed by atoms with van der Waals surface area (Å²) in [6, 6.07) is 7.22. The molecular weight excluding hydrogens is 344 g/mol. The van der Waals surface area contributed by atoms with E-state index in [0.29, 0.717) is 6.04 Å². The molecule has 17 heavy (non-hydrogen) atoms. The van der Waals surface area contributed by atoms with Gasteiger partial charge in [0.2, 0.25) is 0 Å². The Labute approximate surface area is 120 Å². The SMILES string of the molecule is CNCC1CCCN1Cc1ccc(Br)c(Br)c1. The first kappa shape index (κ1) is 13.5. The standard InChI is InChI=1S/C13H18Br2N2/c1-16-8-11-3-2-6-17(11)9-10-4-5-12(14)13(15)7-10/h4-5,7,11,16H,2-3,6,8-9H2,1H3. The number of rotatable bonds is 4. The van der Waals surface area contributed by atoms with Crippen LogP contribution in [0.15, 0.2) is 27.1 Å². The zero-order valence-corrected chi connectivity index (χ0v) is 13.2. The van der Waals surface area contributed by atoms with E-state index in [1.54, 1.807) is 0 Å². The molecule has 1 aliphatic rings. The van der Waals surface area contributed by atoms with Crippen LogP contribution in [0.1, 0.15) is 18.4 Å². The zero-order chi connectivity index (χ0) is 12.3. The van der Waals surface area contributed by atoms with E-state index in [2.05, 4.69) is 60.3 Å². The Morgan fingerprint density at radius 1 is 1.35 bits per heavy atom. The summed E-state index contributed by atoms with van der Waals surface area (Å²) < 4.78 is 2.26. The monoisotopic (exact) mass is 360 g/mol. The highest BCUT2D eigenvalue weighted by atomic mass is 79.9. The molecule has 1 fully saturated rings. The van der Waals surface area contributed by atoms with Crippen LogP contribution in [0.4, 0.5) is 0 Å². The summed E-state index contributed by atoms with van der Waals surface area (Å²) in [4.78, 5) is 2.58. The summed E-state index contributed by atoms with van der Waals surface area (Å²) in [5.41, 5.74) is 1.38. The van der Waals surface area contributed by atoms with E-state index in [1.807, 2.05) is 7.05 Å². The van der Waals surface area contributed by atoms with Gasteiger partial charge >= 0.3 is 0 Å². The van der Waals surface area contributed by atoms with Crippen molar-refractivity contribution < 1.29 is 0 Å². The summed E-state index contributed by atoms with van der Waals surface area (Å²) in [5.74, 6) is 0. The van der Waals surface area contributed by atoms with E-state index in [9.17, 15) is 0 Å². The molecule has 2 rings (SSSR count). The van der Waals surface area contributed by atoms with Gasteiger partial charge in [-0.3, -0.25) is 4.90 Å². The van der Waals surface area contributed by atoms with E-state index in [4.69, 9.17) is 0 Å². The lowest BCUT2D eigenvalue weighted by Gasteiger charge is -2.24. The van der Waals surface area contributed by atoms with Gasteiger partial charge in [-0.05, 0) is 76.0 Å². The summed E-state index contributed by atoms with van der Waals surface area (Å²) in [6.07, 6.45) is 2.64. The molecular formula is C13H18Br2N2. The molecule has 1 saturated heterocycles. The first-order chi connectivity index (χ1) is 8.20. The van der Waals surface area contributed by atoms with E-state index in [1.165, 1.54) is 24.9 Å². The van der Waals surface area contributed by atoms with Gasteiger partial charge in [0.1, 0.15) is 0 Å². The minimum atomic E-state index is 0.697. The van der Waals surface area contributed by atoms with Crippen LogP contribution in [-0.2, 0) is 6.54 Å². The van der Waals surface area contributed by atoms with Crippen LogP contribution in [0.5, 0.6) is 0 Å².